The molecule has 0 spiro atoms. The Kier molecular flexibility index (Phi) is 5.14. The molecule has 128 valence electrons. The number of nitrogens with zero attached hydrogens (tertiary/aromatic N) is 2. The van der Waals surface area contributed by atoms with Crippen molar-refractivity contribution in [1.82, 2.24) is 15.1 Å². The van der Waals surface area contributed by atoms with Crippen molar-refractivity contribution in [3.63, 3.8) is 0 Å². The number of aromatic nitrogens is 2. The van der Waals surface area contributed by atoms with Gasteiger partial charge in [0.2, 0.25) is 5.91 Å². The van der Waals surface area contributed by atoms with Crippen LogP contribution >= 0.6 is 11.3 Å². The Balaban J connectivity index is 1.77. The Morgan fingerprint density at radius 3 is 2.75 bits per heavy atom. The van der Waals surface area contributed by atoms with Crippen molar-refractivity contribution < 1.29 is 4.79 Å². The highest BCUT2D eigenvalue weighted by Gasteiger charge is 2.28. The summed E-state index contributed by atoms with van der Waals surface area (Å²) in [6, 6.07) is 7.16. The maximum atomic E-state index is 12.3. The third-order valence-corrected chi connectivity index (χ3v) is 5.51. The molecule has 6 heteroatoms. The van der Waals surface area contributed by atoms with E-state index in [4.69, 9.17) is 0 Å². The molecule has 1 atom stereocenters. The topological polar surface area (TPSA) is 64.0 Å². The summed E-state index contributed by atoms with van der Waals surface area (Å²) in [6.07, 6.45) is 3.08. The molecule has 5 nitrogen and oxygen atoms in total. The standard InChI is InChI=1S/C18H23N3O2S/c1-12(2)15(19-18(23)13-5-3-6-13)11-21-17(22)9-8-14(20-21)16-7-4-10-24-16/h4,7-10,12-13,15H,3,5-6,11H2,1-2H3,(H,19,23)/t15-/m0/s1. The molecule has 1 saturated carbocycles. The molecule has 1 aliphatic rings. The number of hydrogen-bond acceptors (Lipinski definition) is 4. The lowest BCUT2D eigenvalue weighted by molar-refractivity contribution is -0.128. The lowest BCUT2D eigenvalue weighted by Gasteiger charge is -2.29. The third-order valence-electron chi connectivity index (χ3n) is 4.62. The normalized spacial score (nSPS) is 16.0. The van der Waals surface area contributed by atoms with Crippen molar-refractivity contribution in [3.05, 3.63) is 40.0 Å². The monoisotopic (exact) mass is 345 g/mol. The molecule has 1 N–H and O–H groups in total. The molecule has 24 heavy (non-hydrogen) atoms. The second kappa shape index (κ2) is 7.30. The molecule has 2 aromatic heterocycles. The van der Waals surface area contributed by atoms with Crippen LogP contribution in [-0.4, -0.2) is 21.7 Å². The summed E-state index contributed by atoms with van der Waals surface area (Å²) in [5, 5.41) is 9.59. The minimum atomic E-state index is -0.140. The lowest BCUT2D eigenvalue weighted by Crippen LogP contribution is -2.47. The summed E-state index contributed by atoms with van der Waals surface area (Å²) >= 11 is 1.59. The van der Waals surface area contributed by atoms with E-state index in [1.54, 1.807) is 23.5 Å². The zero-order valence-electron chi connectivity index (χ0n) is 14.1. The Morgan fingerprint density at radius 1 is 1.38 bits per heavy atom. The molecule has 1 amide bonds. The third kappa shape index (κ3) is 3.75. The number of hydrogen-bond donors (Lipinski definition) is 1. The first-order valence-electron chi connectivity index (χ1n) is 8.47. The Labute approximate surface area is 145 Å². The van der Waals surface area contributed by atoms with E-state index in [1.165, 1.54) is 4.68 Å². The smallest absolute Gasteiger partial charge is 0.266 e. The first kappa shape index (κ1) is 16.9. The van der Waals surface area contributed by atoms with Gasteiger partial charge in [-0.15, -0.1) is 11.3 Å². The highest BCUT2D eigenvalue weighted by atomic mass is 32.1. The second-order valence-corrected chi connectivity index (χ2v) is 7.65. The van der Waals surface area contributed by atoms with Crippen LogP contribution in [0.15, 0.2) is 34.4 Å². The van der Waals surface area contributed by atoms with Crippen LogP contribution in [0, 0.1) is 11.8 Å². The fraction of sp³-hybridized carbons (Fsp3) is 0.500. The number of rotatable bonds is 6. The summed E-state index contributed by atoms with van der Waals surface area (Å²) in [4.78, 5) is 25.5. The van der Waals surface area contributed by atoms with Crippen molar-refractivity contribution in [2.45, 2.75) is 45.7 Å². The van der Waals surface area contributed by atoms with Crippen molar-refractivity contribution in [2.24, 2.45) is 11.8 Å². The van der Waals surface area contributed by atoms with Gasteiger partial charge < -0.3 is 5.32 Å². The predicted octanol–water partition coefficient (Wildman–Crippen LogP) is 2.91. The highest BCUT2D eigenvalue weighted by Crippen LogP contribution is 2.26. The van der Waals surface area contributed by atoms with E-state index < -0.39 is 0 Å². The van der Waals surface area contributed by atoms with Crippen LogP contribution in [0.25, 0.3) is 10.6 Å². The van der Waals surface area contributed by atoms with Crippen molar-refractivity contribution in [3.8, 4) is 10.6 Å². The molecular formula is C18H23N3O2S. The van der Waals surface area contributed by atoms with E-state index in [9.17, 15) is 9.59 Å². The van der Waals surface area contributed by atoms with Crippen molar-refractivity contribution in [2.75, 3.05) is 0 Å². The summed E-state index contributed by atoms with van der Waals surface area (Å²) in [5.74, 6) is 0.490. The van der Waals surface area contributed by atoms with Gasteiger partial charge in [-0.3, -0.25) is 9.59 Å². The molecule has 0 unspecified atom stereocenters. The number of carbonyl (C=O) groups excluding carboxylic acids is 1. The van der Waals surface area contributed by atoms with E-state index in [-0.39, 0.29) is 29.3 Å². The van der Waals surface area contributed by atoms with Gasteiger partial charge in [0.1, 0.15) is 5.69 Å². The number of amides is 1. The fourth-order valence-electron chi connectivity index (χ4n) is 2.72. The molecule has 0 bridgehead atoms. The molecular weight excluding hydrogens is 322 g/mol. The SMILES string of the molecule is CC(C)[C@H](Cn1nc(-c2cccs2)ccc1=O)NC(=O)C1CCC1. The van der Waals surface area contributed by atoms with Crippen LogP contribution in [0.2, 0.25) is 0 Å². The highest BCUT2D eigenvalue weighted by molar-refractivity contribution is 7.13. The Bertz CT molecular complexity index is 748. The largest absolute Gasteiger partial charge is 0.351 e. The molecule has 0 aliphatic heterocycles. The van der Waals surface area contributed by atoms with Crippen LogP contribution < -0.4 is 10.9 Å². The first-order chi connectivity index (χ1) is 11.5. The first-order valence-corrected chi connectivity index (χ1v) is 9.35. The summed E-state index contributed by atoms with van der Waals surface area (Å²) in [5.41, 5.74) is 0.649. The zero-order valence-corrected chi connectivity index (χ0v) is 14.9. The maximum Gasteiger partial charge on any atom is 0.266 e. The Morgan fingerprint density at radius 2 is 2.17 bits per heavy atom. The summed E-state index contributed by atoms with van der Waals surface area (Å²) in [6.45, 7) is 4.51. The second-order valence-electron chi connectivity index (χ2n) is 6.70. The quantitative estimate of drug-likeness (QED) is 0.875. The molecule has 0 radical (unpaired) electrons. The predicted molar refractivity (Wildman–Crippen MR) is 95.9 cm³/mol. The molecule has 2 aromatic rings. The van der Waals surface area contributed by atoms with Gasteiger partial charge in [0.05, 0.1) is 17.5 Å². The lowest BCUT2D eigenvalue weighted by atomic mass is 9.84. The minimum Gasteiger partial charge on any atom is -0.351 e. The number of carbonyl (C=O) groups is 1. The van der Waals surface area contributed by atoms with E-state index in [0.717, 1.165) is 29.8 Å². The van der Waals surface area contributed by atoms with Gasteiger partial charge in [-0.25, -0.2) is 4.68 Å². The maximum absolute atomic E-state index is 12.3. The zero-order chi connectivity index (χ0) is 17.1. The van der Waals surface area contributed by atoms with Gasteiger partial charge in [-0.05, 0) is 36.3 Å². The summed E-state index contributed by atoms with van der Waals surface area (Å²) in [7, 11) is 0. The average Bonchev–Trinajstić information content (AvgIpc) is 3.00. The van der Waals surface area contributed by atoms with Gasteiger partial charge in [-0.2, -0.15) is 5.10 Å². The van der Waals surface area contributed by atoms with E-state index >= 15 is 0 Å². The molecule has 1 fully saturated rings. The van der Waals surface area contributed by atoms with Crippen LogP contribution in [0.5, 0.6) is 0 Å². The molecule has 2 heterocycles. The van der Waals surface area contributed by atoms with Gasteiger partial charge in [-0.1, -0.05) is 26.3 Å². The molecule has 1 aliphatic carbocycles. The fourth-order valence-corrected chi connectivity index (χ4v) is 3.41. The number of thiophene rings is 1. The van der Waals surface area contributed by atoms with E-state index in [1.807, 2.05) is 17.5 Å². The van der Waals surface area contributed by atoms with Gasteiger partial charge >= 0.3 is 0 Å². The minimum absolute atomic E-state index is 0.0955. The number of nitrogens with one attached hydrogen (secondary N) is 1. The van der Waals surface area contributed by atoms with Gasteiger partial charge in [0, 0.05) is 12.0 Å². The van der Waals surface area contributed by atoms with E-state index in [0.29, 0.717) is 6.54 Å². The van der Waals surface area contributed by atoms with Crippen LogP contribution in [-0.2, 0) is 11.3 Å². The molecule has 0 saturated heterocycles. The van der Waals surface area contributed by atoms with Crippen molar-refractivity contribution >= 4 is 17.2 Å². The van der Waals surface area contributed by atoms with E-state index in [2.05, 4.69) is 24.3 Å². The van der Waals surface area contributed by atoms with Crippen LogP contribution in [0.1, 0.15) is 33.1 Å². The van der Waals surface area contributed by atoms with Gasteiger partial charge in [0.25, 0.3) is 5.56 Å². The average molecular weight is 345 g/mol. The summed E-state index contributed by atoms with van der Waals surface area (Å²) < 4.78 is 1.47. The van der Waals surface area contributed by atoms with Gasteiger partial charge in [0.15, 0.2) is 0 Å². The molecule has 0 aromatic carbocycles. The van der Waals surface area contributed by atoms with Crippen LogP contribution in [0.3, 0.4) is 0 Å². The molecule has 3 rings (SSSR count). The Hall–Kier alpha value is -1.95. The van der Waals surface area contributed by atoms with Crippen molar-refractivity contribution in [1.29, 1.82) is 0 Å². The van der Waals surface area contributed by atoms with Crippen LogP contribution in [0.4, 0.5) is 0 Å².